The van der Waals surface area contributed by atoms with Crippen LogP contribution in [0.15, 0.2) is 42.5 Å². The first kappa shape index (κ1) is 10.8. The Bertz CT molecular complexity index is 692. The van der Waals surface area contributed by atoms with E-state index in [4.69, 9.17) is 0 Å². The molecule has 90 valence electrons. The summed E-state index contributed by atoms with van der Waals surface area (Å²) < 4.78 is 27.8. The average molecular weight is 245 g/mol. The Hall–Kier alpha value is -2.30. The molecule has 0 atom stereocenters. The highest BCUT2D eigenvalue weighted by molar-refractivity contribution is 5.74. The minimum atomic E-state index is -0.908. The highest BCUT2D eigenvalue weighted by atomic mass is 19.2. The number of halogens is 2. The van der Waals surface area contributed by atoms with Crippen LogP contribution in [-0.4, -0.2) is 15.0 Å². The Morgan fingerprint density at radius 1 is 1.00 bits per heavy atom. The third kappa shape index (κ3) is 1.84. The van der Waals surface area contributed by atoms with Crippen molar-refractivity contribution in [3.8, 4) is 0 Å². The SMILES string of the molecule is Fc1cc2nnn(Cc3ccccc3)c2cc1F. The first-order chi connectivity index (χ1) is 8.74. The van der Waals surface area contributed by atoms with Crippen LogP contribution in [-0.2, 0) is 6.54 Å². The van der Waals surface area contributed by atoms with Crippen molar-refractivity contribution in [3.63, 3.8) is 0 Å². The second-order valence-electron chi connectivity index (χ2n) is 3.99. The number of hydrogen-bond acceptors (Lipinski definition) is 2. The number of hydrogen-bond donors (Lipinski definition) is 0. The van der Waals surface area contributed by atoms with Crippen molar-refractivity contribution < 1.29 is 8.78 Å². The van der Waals surface area contributed by atoms with Crippen molar-refractivity contribution in [2.45, 2.75) is 6.54 Å². The Balaban J connectivity index is 2.05. The lowest BCUT2D eigenvalue weighted by atomic mass is 10.2. The van der Waals surface area contributed by atoms with Crippen LogP contribution in [0.25, 0.3) is 11.0 Å². The number of benzene rings is 2. The third-order valence-corrected chi connectivity index (χ3v) is 2.73. The van der Waals surface area contributed by atoms with Crippen molar-refractivity contribution in [2.24, 2.45) is 0 Å². The molecule has 1 heterocycles. The first-order valence-corrected chi connectivity index (χ1v) is 5.46. The van der Waals surface area contributed by atoms with E-state index in [1.54, 1.807) is 4.68 Å². The smallest absolute Gasteiger partial charge is 0.161 e. The van der Waals surface area contributed by atoms with Crippen LogP contribution < -0.4 is 0 Å². The van der Waals surface area contributed by atoms with E-state index in [9.17, 15) is 8.78 Å². The summed E-state index contributed by atoms with van der Waals surface area (Å²) in [6.45, 7) is 0.475. The van der Waals surface area contributed by atoms with E-state index in [0.717, 1.165) is 17.7 Å². The molecule has 1 aromatic heterocycles. The maximum Gasteiger partial charge on any atom is 0.161 e. The molecule has 0 saturated heterocycles. The van der Waals surface area contributed by atoms with Gasteiger partial charge in [-0.25, -0.2) is 13.5 Å². The zero-order valence-electron chi connectivity index (χ0n) is 9.35. The molecule has 0 aliphatic heterocycles. The maximum atomic E-state index is 13.2. The molecule has 0 saturated carbocycles. The fraction of sp³-hybridized carbons (Fsp3) is 0.0769. The van der Waals surface area contributed by atoms with E-state index < -0.39 is 11.6 Å². The van der Waals surface area contributed by atoms with Gasteiger partial charge in [0.15, 0.2) is 11.6 Å². The zero-order chi connectivity index (χ0) is 12.5. The number of rotatable bonds is 2. The van der Waals surface area contributed by atoms with E-state index in [-0.39, 0.29) is 0 Å². The van der Waals surface area contributed by atoms with Gasteiger partial charge < -0.3 is 0 Å². The summed E-state index contributed by atoms with van der Waals surface area (Å²) in [5.41, 5.74) is 1.86. The molecule has 18 heavy (non-hydrogen) atoms. The molecule has 3 nitrogen and oxygen atoms in total. The van der Waals surface area contributed by atoms with Crippen LogP contribution in [0, 0.1) is 11.6 Å². The molecule has 0 fully saturated rings. The standard InChI is InChI=1S/C13H9F2N3/c14-10-6-12-13(7-11(10)15)18(17-16-12)8-9-4-2-1-3-5-9/h1-7H,8H2. The van der Waals surface area contributed by atoms with E-state index in [1.165, 1.54) is 0 Å². The van der Waals surface area contributed by atoms with E-state index in [2.05, 4.69) is 10.3 Å². The second-order valence-corrected chi connectivity index (χ2v) is 3.99. The highest BCUT2D eigenvalue weighted by Gasteiger charge is 2.10. The Morgan fingerprint density at radius 2 is 1.72 bits per heavy atom. The van der Waals surface area contributed by atoms with Crippen molar-refractivity contribution in [3.05, 3.63) is 59.7 Å². The minimum absolute atomic E-state index is 0.352. The van der Waals surface area contributed by atoms with Gasteiger partial charge in [-0.15, -0.1) is 5.10 Å². The molecule has 0 amide bonds. The molecule has 3 aromatic rings. The van der Waals surface area contributed by atoms with Gasteiger partial charge in [-0.3, -0.25) is 0 Å². The highest BCUT2D eigenvalue weighted by Crippen LogP contribution is 2.17. The molecule has 0 unspecified atom stereocenters. The van der Waals surface area contributed by atoms with E-state index in [0.29, 0.717) is 17.6 Å². The summed E-state index contributed by atoms with van der Waals surface area (Å²) in [6, 6.07) is 11.8. The topological polar surface area (TPSA) is 30.7 Å². The van der Waals surface area contributed by atoms with Crippen LogP contribution in [0.4, 0.5) is 8.78 Å². The van der Waals surface area contributed by atoms with Crippen molar-refractivity contribution in [1.29, 1.82) is 0 Å². The molecule has 0 spiro atoms. The molecule has 5 heteroatoms. The summed E-state index contributed by atoms with van der Waals surface area (Å²) in [7, 11) is 0. The Morgan fingerprint density at radius 3 is 2.50 bits per heavy atom. The van der Waals surface area contributed by atoms with Crippen LogP contribution in [0.5, 0.6) is 0 Å². The predicted octanol–water partition coefficient (Wildman–Crippen LogP) is 2.76. The molecule has 0 radical (unpaired) electrons. The number of nitrogens with zero attached hydrogens (tertiary/aromatic N) is 3. The fourth-order valence-electron chi connectivity index (χ4n) is 1.84. The molecule has 0 bridgehead atoms. The Labute approximate surface area is 102 Å². The second kappa shape index (κ2) is 4.18. The van der Waals surface area contributed by atoms with Gasteiger partial charge in [0.1, 0.15) is 5.52 Å². The summed E-state index contributed by atoms with van der Waals surface area (Å²) in [6.07, 6.45) is 0. The predicted molar refractivity (Wildman–Crippen MR) is 63.0 cm³/mol. The Kier molecular flexibility index (Phi) is 2.51. The van der Waals surface area contributed by atoms with Gasteiger partial charge in [0.05, 0.1) is 12.1 Å². The summed E-state index contributed by atoms with van der Waals surface area (Å²) in [4.78, 5) is 0. The average Bonchev–Trinajstić information content (AvgIpc) is 2.74. The lowest BCUT2D eigenvalue weighted by Crippen LogP contribution is -2.01. The van der Waals surface area contributed by atoms with Gasteiger partial charge in [-0.05, 0) is 5.56 Å². The van der Waals surface area contributed by atoms with Crippen LogP contribution in [0.3, 0.4) is 0 Å². The molecule has 0 aliphatic carbocycles. The fourth-order valence-corrected chi connectivity index (χ4v) is 1.84. The monoisotopic (exact) mass is 245 g/mol. The molecule has 3 rings (SSSR count). The van der Waals surface area contributed by atoms with Crippen LogP contribution in [0.1, 0.15) is 5.56 Å². The quantitative estimate of drug-likeness (QED) is 0.695. The van der Waals surface area contributed by atoms with Crippen molar-refractivity contribution >= 4 is 11.0 Å². The van der Waals surface area contributed by atoms with Gasteiger partial charge in [-0.1, -0.05) is 35.5 Å². The van der Waals surface area contributed by atoms with Gasteiger partial charge in [-0.2, -0.15) is 0 Å². The summed E-state index contributed by atoms with van der Waals surface area (Å²) >= 11 is 0. The maximum absolute atomic E-state index is 13.2. The summed E-state index contributed by atoms with van der Waals surface area (Å²) in [5, 5.41) is 7.73. The number of fused-ring (bicyclic) bond motifs is 1. The van der Waals surface area contributed by atoms with Crippen LogP contribution >= 0.6 is 0 Å². The lowest BCUT2D eigenvalue weighted by Gasteiger charge is -2.02. The van der Waals surface area contributed by atoms with Crippen LogP contribution in [0.2, 0.25) is 0 Å². The van der Waals surface area contributed by atoms with Gasteiger partial charge >= 0.3 is 0 Å². The molecule has 2 aromatic carbocycles. The van der Waals surface area contributed by atoms with Crippen molar-refractivity contribution in [1.82, 2.24) is 15.0 Å². The minimum Gasteiger partial charge on any atom is -0.240 e. The molecule has 0 aliphatic rings. The lowest BCUT2D eigenvalue weighted by molar-refractivity contribution is 0.510. The molecular formula is C13H9F2N3. The van der Waals surface area contributed by atoms with Gasteiger partial charge in [0.2, 0.25) is 0 Å². The van der Waals surface area contributed by atoms with Gasteiger partial charge in [0, 0.05) is 12.1 Å². The molecular weight excluding hydrogens is 236 g/mol. The molecule has 0 N–H and O–H groups in total. The first-order valence-electron chi connectivity index (χ1n) is 5.46. The normalized spacial score (nSPS) is 11.0. The summed E-state index contributed by atoms with van der Waals surface area (Å²) in [5.74, 6) is -1.80. The van der Waals surface area contributed by atoms with Crippen molar-refractivity contribution in [2.75, 3.05) is 0 Å². The largest absolute Gasteiger partial charge is 0.240 e. The van der Waals surface area contributed by atoms with E-state index in [1.807, 2.05) is 30.3 Å². The van der Waals surface area contributed by atoms with Gasteiger partial charge in [0.25, 0.3) is 0 Å². The van der Waals surface area contributed by atoms with E-state index >= 15 is 0 Å². The third-order valence-electron chi connectivity index (χ3n) is 2.73. The zero-order valence-corrected chi connectivity index (χ0v) is 9.35. The number of aromatic nitrogens is 3.